The maximum absolute atomic E-state index is 9.63. The van der Waals surface area contributed by atoms with Gasteiger partial charge in [0.15, 0.2) is 0 Å². The van der Waals surface area contributed by atoms with E-state index in [1.54, 1.807) is 0 Å². The molecule has 0 saturated carbocycles. The molecule has 1 aromatic carbocycles. The van der Waals surface area contributed by atoms with Gasteiger partial charge in [-0.1, -0.05) is 38.1 Å². The van der Waals surface area contributed by atoms with E-state index in [2.05, 4.69) is 36.5 Å². The lowest BCUT2D eigenvalue weighted by Gasteiger charge is -2.31. The van der Waals surface area contributed by atoms with Gasteiger partial charge in [-0.3, -0.25) is 0 Å². The molecule has 2 rings (SSSR count). The van der Waals surface area contributed by atoms with Crippen LogP contribution in [0.25, 0.3) is 0 Å². The van der Waals surface area contributed by atoms with E-state index < -0.39 is 0 Å². The number of benzene rings is 1. The molecule has 1 aromatic rings. The minimum Gasteiger partial charge on any atom is -0.392 e. The number of nitrogens with one attached hydrogen (secondary N) is 1. The second-order valence-corrected chi connectivity index (χ2v) is 5.13. The zero-order valence-corrected chi connectivity index (χ0v) is 10.8. The summed E-state index contributed by atoms with van der Waals surface area (Å²) in [7, 11) is 0. The van der Waals surface area contributed by atoms with Gasteiger partial charge >= 0.3 is 0 Å². The van der Waals surface area contributed by atoms with Gasteiger partial charge in [-0.25, -0.2) is 0 Å². The second-order valence-electron chi connectivity index (χ2n) is 5.13. The summed E-state index contributed by atoms with van der Waals surface area (Å²) in [6.07, 6.45) is 3.00. The summed E-state index contributed by atoms with van der Waals surface area (Å²) in [5, 5.41) is 13.1. The zero-order chi connectivity index (χ0) is 12.3. The van der Waals surface area contributed by atoms with Crippen molar-refractivity contribution in [3.8, 4) is 0 Å². The summed E-state index contributed by atoms with van der Waals surface area (Å²) < 4.78 is 0. The summed E-state index contributed by atoms with van der Waals surface area (Å²) in [5.41, 5.74) is 2.90. The molecule has 94 valence electrons. The molecule has 1 aliphatic rings. The molecule has 3 atom stereocenters. The van der Waals surface area contributed by atoms with Gasteiger partial charge < -0.3 is 10.4 Å². The largest absolute Gasteiger partial charge is 0.392 e. The highest BCUT2D eigenvalue weighted by atomic mass is 16.3. The molecule has 1 aliphatic carbocycles. The Morgan fingerprint density at radius 1 is 1.29 bits per heavy atom. The van der Waals surface area contributed by atoms with Crippen LogP contribution in [0.5, 0.6) is 0 Å². The molecular formula is C15H23NO. The Kier molecular flexibility index (Phi) is 4.19. The van der Waals surface area contributed by atoms with Crippen molar-refractivity contribution in [2.75, 3.05) is 6.54 Å². The molecule has 0 bridgehead atoms. The fraction of sp³-hybridized carbons (Fsp3) is 0.600. The smallest absolute Gasteiger partial charge is 0.0662 e. The molecule has 0 amide bonds. The van der Waals surface area contributed by atoms with E-state index in [9.17, 15) is 5.11 Å². The highest BCUT2D eigenvalue weighted by Gasteiger charge is 2.24. The predicted molar refractivity (Wildman–Crippen MR) is 71.1 cm³/mol. The standard InChI is InChI=1S/C15H23NO/c1-3-12(17)10-16-15-9-8-11(2)13-6-4-5-7-14(13)15/h4-7,11-12,15-17H,3,8-10H2,1-2H3. The predicted octanol–water partition coefficient (Wildman–Crippen LogP) is 2.99. The topological polar surface area (TPSA) is 32.3 Å². The lowest BCUT2D eigenvalue weighted by molar-refractivity contribution is 0.161. The summed E-state index contributed by atoms with van der Waals surface area (Å²) in [4.78, 5) is 0. The molecule has 3 unspecified atom stereocenters. The number of aliphatic hydroxyl groups is 1. The van der Waals surface area contributed by atoms with Gasteiger partial charge in [0.2, 0.25) is 0 Å². The first-order chi connectivity index (χ1) is 8.22. The first kappa shape index (κ1) is 12.6. The number of hydrogen-bond donors (Lipinski definition) is 2. The number of hydrogen-bond acceptors (Lipinski definition) is 2. The highest BCUT2D eigenvalue weighted by molar-refractivity contribution is 5.34. The maximum atomic E-state index is 9.63. The van der Waals surface area contributed by atoms with Crippen molar-refractivity contribution in [1.82, 2.24) is 5.32 Å². The normalized spacial score (nSPS) is 25.4. The molecule has 2 heteroatoms. The van der Waals surface area contributed by atoms with Gasteiger partial charge in [-0.2, -0.15) is 0 Å². The summed E-state index contributed by atoms with van der Waals surface area (Å²) >= 11 is 0. The van der Waals surface area contributed by atoms with E-state index in [0.717, 1.165) is 6.42 Å². The SMILES string of the molecule is CCC(O)CNC1CCC(C)c2ccccc21. The monoisotopic (exact) mass is 233 g/mol. The number of fused-ring (bicyclic) bond motifs is 1. The van der Waals surface area contributed by atoms with E-state index in [1.807, 2.05) is 6.92 Å². The number of rotatable bonds is 4. The molecular weight excluding hydrogens is 210 g/mol. The van der Waals surface area contributed by atoms with E-state index in [-0.39, 0.29) is 6.10 Å². The van der Waals surface area contributed by atoms with Crippen LogP contribution < -0.4 is 5.32 Å². The third-order valence-electron chi connectivity index (χ3n) is 3.86. The highest BCUT2D eigenvalue weighted by Crippen LogP contribution is 2.36. The summed E-state index contributed by atoms with van der Waals surface area (Å²) in [6, 6.07) is 9.12. The lowest BCUT2D eigenvalue weighted by atomic mass is 9.81. The van der Waals surface area contributed by atoms with Crippen molar-refractivity contribution in [3.05, 3.63) is 35.4 Å². The van der Waals surface area contributed by atoms with Gasteiger partial charge in [0.25, 0.3) is 0 Å². The molecule has 0 radical (unpaired) electrons. The van der Waals surface area contributed by atoms with Crippen molar-refractivity contribution < 1.29 is 5.11 Å². The van der Waals surface area contributed by atoms with Crippen LogP contribution in [0.2, 0.25) is 0 Å². The minimum atomic E-state index is -0.221. The van der Waals surface area contributed by atoms with Crippen LogP contribution in [0.1, 0.15) is 56.2 Å². The first-order valence-corrected chi connectivity index (χ1v) is 6.72. The second kappa shape index (κ2) is 5.65. The molecule has 17 heavy (non-hydrogen) atoms. The van der Waals surface area contributed by atoms with E-state index in [0.29, 0.717) is 18.5 Å². The average molecular weight is 233 g/mol. The Morgan fingerprint density at radius 2 is 2.00 bits per heavy atom. The summed E-state index contributed by atoms with van der Waals surface area (Å²) in [5.74, 6) is 0.667. The van der Waals surface area contributed by atoms with Gasteiger partial charge in [-0.05, 0) is 36.3 Å². The average Bonchev–Trinajstić information content (AvgIpc) is 2.38. The van der Waals surface area contributed by atoms with Crippen LogP contribution in [-0.2, 0) is 0 Å². The van der Waals surface area contributed by atoms with Gasteiger partial charge in [0.1, 0.15) is 0 Å². The molecule has 0 spiro atoms. The first-order valence-electron chi connectivity index (χ1n) is 6.72. The quantitative estimate of drug-likeness (QED) is 0.838. The molecule has 0 saturated heterocycles. The fourth-order valence-electron chi connectivity index (χ4n) is 2.64. The van der Waals surface area contributed by atoms with Crippen LogP contribution in [0.4, 0.5) is 0 Å². The Hall–Kier alpha value is -0.860. The zero-order valence-electron chi connectivity index (χ0n) is 10.8. The van der Waals surface area contributed by atoms with E-state index in [4.69, 9.17) is 0 Å². The Morgan fingerprint density at radius 3 is 2.71 bits per heavy atom. The van der Waals surface area contributed by atoms with Crippen LogP contribution in [-0.4, -0.2) is 17.8 Å². The van der Waals surface area contributed by atoms with Crippen LogP contribution in [0.15, 0.2) is 24.3 Å². The molecule has 0 fully saturated rings. The van der Waals surface area contributed by atoms with Gasteiger partial charge in [0.05, 0.1) is 6.10 Å². The third kappa shape index (κ3) is 2.88. The Balaban J connectivity index is 2.08. The lowest BCUT2D eigenvalue weighted by Crippen LogP contribution is -2.32. The Labute approximate surface area is 104 Å². The van der Waals surface area contributed by atoms with Gasteiger partial charge in [-0.15, -0.1) is 0 Å². The molecule has 2 N–H and O–H groups in total. The third-order valence-corrected chi connectivity index (χ3v) is 3.86. The van der Waals surface area contributed by atoms with E-state index in [1.165, 1.54) is 24.0 Å². The minimum absolute atomic E-state index is 0.221. The van der Waals surface area contributed by atoms with Crippen molar-refractivity contribution in [2.24, 2.45) is 0 Å². The van der Waals surface area contributed by atoms with Crippen molar-refractivity contribution in [3.63, 3.8) is 0 Å². The number of aliphatic hydroxyl groups excluding tert-OH is 1. The fourth-order valence-corrected chi connectivity index (χ4v) is 2.64. The van der Waals surface area contributed by atoms with Crippen LogP contribution in [0.3, 0.4) is 0 Å². The molecule has 0 aliphatic heterocycles. The van der Waals surface area contributed by atoms with Gasteiger partial charge in [0, 0.05) is 12.6 Å². The molecule has 0 aromatic heterocycles. The molecule has 2 nitrogen and oxygen atoms in total. The summed E-state index contributed by atoms with van der Waals surface area (Å²) in [6.45, 7) is 5.02. The van der Waals surface area contributed by atoms with Crippen LogP contribution in [0, 0.1) is 0 Å². The van der Waals surface area contributed by atoms with Crippen molar-refractivity contribution >= 4 is 0 Å². The van der Waals surface area contributed by atoms with E-state index >= 15 is 0 Å². The van der Waals surface area contributed by atoms with Crippen LogP contribution >= 0.6 is 0 Å². The maximum Gasteiger partial charge on any atom is 0.0662 e. The van der Waals surface area contributed by atoms with Crippen molar-refractivity contribution in [1.29, 1.82) is 0 Å². The van der Waals surface area contributed by atoms with Crippen molar-refractivity contribution in [2.45, 2.75) is 51.2 Å². The molecule has 0 heterocycles. The Bertz CT molecular complexity index is 364.